The number of aliphatic hydroxyl groups is 3. The van der Waals surface area contributed by atoms with Gasteiger partial charge in [0.05, 0.1) is 17.8 Å². The number of hydrogen-bond donors (Lipinski definition) is 4. The van der Waals surface area contributed by atoms with Gasteiger partial charge in [0.1, 0.15) is 12.2 Å². The molecule has 1 aromatic rings. The maximum absolute atomic E-state index is 13.7. The van der Waals surface area contributed by atoms with Gasteiger partial charge in [-0.05, 0) is 42.7 Å². The summed E-state index contributed by atoms with van der Waals surface area (Å²) < 4.78 is 12.7. The summed E-state index contributed by atoms with van der Waals surface area (Å²) >= 11 is 0. The number of fused-ring (bicyclic) bond motifs is 5. The second-order valence-electron chi connectivity index (χ2n) is 14.6. The summed E-state index contributed by atoms with van der Waals surface area (Å²) in [5, 5.41) is 45.8. The lowest BCUT2D eigenvalue weighted by molar-refractivity contribution is -0.313. The molecule has 258 valence electrons. The van der Waals surface area contributed by atoms with Crippen molar-refractivity contribution in [2.75, 3.05) is 6.61 Å². The molecule has 0 spiro atoms. The molecule has 0 heterocycles. The molecular weight excluding hydrogens is 604 g/mol. The molecule has 0 radical (unpaired) electrons. The van der Waals surface area contributed by atoms with Gasteiger partial charge in [0, 0.05) is 35.5 Å². The van der Waals surface area contributed by atoms with Gasteiger partial charge in [-0.25, -0.2) is 9.68 Å². The zero-order valence-electron chi connectivity index (χ0n) is 28.1. The fraction of sp³-hybridized carbons (Fsp3) is 0.649. The summed E-state index contributed by atoms with van der Waals surface area (Å²) in [6.45, 7) is 8.34. The Kier molecular flexibility index (Phi) is 9.94. The molecule has 9 atom stereocenters. The number of ketones is 1. The molecule has 47 heavy (non-hydrogen) atoms. The van der Waals surface area contributed by atoms with E-state index in [1.807, 2.05) is 13.8 Å². The quantitative estimate of drug-likeness (QED) is 0.0753. The number of carbonyl (C=O) groups excluding carboxylic acids is 3. The van der Waals surface area contributed by atoms with E-state index in [9.17, 15) is 35.0 Å². The molecule has 1 aromatic carbocycles. The number of hydrogen-bond acceptors (Lipinski definition) is 10. The first-order chi connectivity index (χ1) is 22.3. The molecular formula is C37H50O10. The zero-order chi connectivity index (χ0) is 34.4. The molecule has 0 bridgehead atoms. The molecule has 4 aliphatic rings. The first-order valence-electron chi connectivity index (χ1n) is 17.1. The van der Waals surface area contributed by atoms with Crippen LogP contribution in [0.25, 0.3) is 0 Å². The summed E-state index contributed by atoms with van der Waals surface area (Å²) in [4.78, 5) is 45.7. The molecule has 0 aromatic heterocycles. The standard InChI is InChI=1S/C37H50O10/c1-6-7-8-9-10-11-15-18-27(39)46-37-30(34(37,4)5)28-29(47-44)25(21-38)20-35(42)26(19-22(2)31(35)40)36(28,43)23(3)32(37)45-33(41)24-16-13-12-14-17-24/h12-14,16-17,19-20,23,26,28-30,32,38,42-44H,6-11,15,18,21H2,1-5H3/t23-,26-,28+,29+,30-,32-,35-,36+,37-/m1/s1. The van der Waals surface area contributed by atoms with Crippen LogP contribution in [0.5, 0.6) is 0 Å². The normalized spacial score (nSPS) is 36.7. The van der Waals surface area contributed by atoms with Crippen molar-refractivity contribution in [1.29, 1.82) is 0 Å². The molecule has 10 heteroatoms. The fourth-order valence-corrected chi connectivity index (χ4v) is 9.23. The van der Waals surface area contributed by atoms with Crippen LogP contribution in [-0.4, -0.2) is 73.9 Å². The van der Waals surface area contributed by atoms with Crippen molar-refractivity contribution < 1.29 is 49.3 Å². The van der Waals surface area contributed by atoms with Crippen molar-refractivity contribution in [2.24, 2.45) is 29.1 Å². The zero-order valence-corrected chi connectivity index (χ0v) is 28.1. The Bertz CT molecular complexity index is 1420. The Balaban J connectivity index is 1.57. The van der Waals surface area contributed by atoms with Crippen LogP contribution in [0.2, 0.25) is 0 Å². The summed E-state index contributed by atoms with van der Waals surface area (Å²) in [7, 11) is 0. The van der Waals surface area contributed by atoms with Crippen LogP contribution in [0.3, 0.4) is 0 Å². The van der Waals surface area contributed by atoms with Gasteiger partial charge < -0.3 is 24.8 Å². The van der Waals surface area contributed by atoms with Gasteiger partial charge in [0.2, 0.25) is 0 Å². The second-order valence-corrected chi connectivity index (χ2v) is 14.6. The van der Waals surface area contributed by atoms with Crippen LogP contribution >= 0.6 is 0 Å². The van der Waals surface area contributed by atoms with E-state index in [2.05, 4.69) is 6.92 Å². The first-order valence-corrected chi connectivity index (χ1v) is 17.1. The Labute approximate surface area is 276 Å². The molecule has 0 amide bonds. The number of carbonyl (C=O) groups is 3. The highest BCUT2D eigenvalue weighted by Gasteiger charge is 2.89. The smallest absolute Gasteiger partial charge is 0.338 e. The highest BCUT2D eigenvalue weighted by atomic mass is 17.1. The van der Waals surface area contributed by atoms with Crippen LogP contribution in [0.15, 0.2) is 53.6 Å². The van der Waals surface area contributed by atoms with Crippen LogP contribution in [-0.2, 0) is 24.0 Å². The third-order valence-corrected chi connectivity index (χ3v) is 11.7. The Hall–Kier alpha value is -2.89. The number of benzene rings is 1. The minimum atomic E-state index is -2.27. The molecule has 10 nitrogen and oxygen atoms in total. The lowest BCUT2D eigenvalue weighted by Gasteiger charge is -2.54. The van der Waals surface area contributed by atoms with E-state index >= 15 is 0 Å². The maximum Gasteiger partial charge on any atom is 0.338 e. The van der Waals surface area contributed by atoms with Crippen molar-refractivity contribution in [3.8, 4) is 0 Å². The Morgan fingerprint density at radius 2 is 1.62 bits per heavy atom. The largest absolute Gasteiger partial charge is 0.454 e. The predicted octanol–water partition coefficient (Wildman–Crippen LogP) is 4.95. The summed E-state index contributed by atoms with van der Waals surface area (Å²) in [6.07, 6.45) is 7.35. The van der Waals surface area contributed by atoms with Crippen molar-refractivity contribution >= 4 is 17.7 Å². The van der Waals surface area contributed by atoms with Crippen molar-refractivity contribution in [1.82, 2.24) is 0 Å². The van der Waals surface area contributed by atoms with E-state index in [1.165, 1.54) is 25.5 Å². The summed E-state index contributed by atoms with van der Waals surface area (Å²) in [5.74, 6) is -5.98. The molecule has 2 fully saturated rings. The molecule has 4 aliphatic carbocycles. The average Bonchev–Trinajstić information content (AvgIpc) is 3.46. The predicted molar refractivity (Wildman–Crippen MR) is 172 cm³/mol. The van der Waals surface area contributed by atoms with Crippen LogP contribution < -0.4 is 0 Å². The van der Waals surface area contributed by atoms with E-state index < -0.39 is 82.4 Å². The highest BCUT2D eigenvalue weighted by Crippen LogP contribution is 2.77. The Morgan fingerprint density at radius 3 is 2.23 bits per heavy atom. The number of Topliss-reactive ketones (excluding diaryl/α,β-unsaturated/α-hetero) is 1. The average molecular weight is 655 g/mol. The topological polar surface area (TPSA) is 160 Å². The lowest BCUT2D eigenvalue weighted by Crippen LogP contribution is -2.68. The van der Waals surface area contributed by atoms with Crippen LogP contribution in [0, 0.1) is 29.1 Å². The number of aliphatic hydroxyl groups excluding tert-OH is 1. The SMILES string of the molecule is CCCCCCCCCC(=O)O[C@@]12[C@H](OC(=O)c3ccccc3)[C@@H](C)[C@@]3(O)[C@H]([C@@H]1C2(C)C)[C@@H](OO)C(CO)=C[C@]1(O)C(=O)C(C)=C[C@@H]31. The van der Waals surface area contributed by atoms with E-state index in [-0.39, 0.29) is 23.1 Å². The van der Waals surface area contributed by atoms with Crippen molar-refractivity contribution in [2.45, 2.75) is 115 Å². The van der Waals surface area contributed by atoms with Crippen molar-refractivity contribution in [3.05, 3.63) is 59.2 Å². The van der Waals surface area contributed by atoms with Gasteiger partial charge in [0.25, 0.3) is 0 Å². The van der Waals surface area contributed by atoms with Crippen LogP contribution in [0.1, 0.15) is 96.3 Å². The summed E-state index contributed by atoms with van der Waals surface area (Å²) in [6, 6.07) is 8.35. The van der Waals surface area contributed by atoms with E-state index in [0.717, 1.165) is 32.1 Å². The van der Waals surface area contributed by atoms with Gasteiger partial charge in [-0.1, -0.05) is 90.5 Å². The molecule has 5 rings (SSSR count). The first kappa shape index (κ1) is 35.4. The molecule has 0 unspecified atom stereocenters. The van der Waals surface area contributed by atoms with Crippen molar-refractivity contribution in [3.63, 3.8) is 0 Å². The molecule has 4 N–H and O–H groups in total. The van der Waals surface area contributed by atoms with E-state index in [0.29, 0.717) is 6.42 Å². The summed E-state index contributed by atoms with van der Waals surface area (Å²) in [5.41, 5.74) is -6.20. The maximum atomic E-state index is 13.7. The van der Waals surface area contributed by atoms with Gasteiger partial charge in [-0.15, -0.1) is 0 Å². The lowest BCUT2D eigenvalue weighted by atomic mass is 9.58. The number of esters is 2. The van der Waals surface area contributed by atoms with Gasteiger partial charge >= 0.3 is 11.9 Å². The van der Waals surface area contributed by atoms with Gasteiger partial charge in [-0.2, -0.15) is 0 Å². The monoisotopic (exact) mass is 654 g/mol. The third kappa shape index (κ3) is 5.50. The van der Waals surface area contributed by atoms with Gasteiger partial charge in [0.15, 0.2) is 17.0 Å². The third-order valence-electron chi connectivity index (χ3n) is 11.7. The minimum absolute atomic E-state index is 0.00954. The molecule has 0 saturated heterocycles. The Morgan fingerprint density at radius 1 is 0.979 bits per heavy atom. The fourth-order valence-electron chi connectivity index (χ4n) is 9.23. The minimum Gasteiger partial charge on any atom is -0.454 e. The van der Waals surface area contributed by atoms with E-state index in [1.54, 1.807) is 37.3 Å². The molecule has 2 saturated carbocycles. The molecule has 0 aliphatic heterocycles. The van der Waals surface area contributed by atoms with Gasteiger partial charge in [-0.3, -0.25) is 14.8 Å². The number of unbranched alkanes of at least 4 members (excludes halogenated alkanes) is 6. The highest BCUT2D eigenvalue weighted by molar-refractivity contribution is 6.06. The number of ether oxygens (including phenoxy) is 2. The van der Waals surface area contributed by atoms with Crippen LogP contribution in [0.4, 0.5) is 0 Å². The van der Waals surface area contributed by atoms with E-state index in [4.69, 9.17) is 14.4 Å². The number of rotatable bonds is 13. The second kappa shape index (κ2) is 13.2.